The molecule has 0 saturated heterocycles. The summed E-state index contributed by atoms with van der Waals surface area (Å²) in [7, 11) is 0. The van der Waals surface area contributed by atoms with Gasteiger partial charge in [-0.1, -0.05) is 71.6 Å². The Labute approximate surface area is 96.3 Å². The van der Waals surface area contributed by atoms with Crippen molar-refractivity contribution in [1.82, 2.24) is 0 Å². The van der Waals surface area contributed by atoms with Crippen LogP contribution in [0.15, 0.2) is 0 Å². The predicted octanol–water partition coefficient (Wildman–Crippen LogP) is 4.54. The summed E-state index contributed by atoms with van der Waals surface area (Å²) in [6, 6.07) is 0. The first-order chi connectivity index (χ1) is 7.35. The zero-order valence-electron chi connectivity index (χ0n) is 10.8. The quantitative estimate of drug-likeness (QED) is 0.501. The van der Waals surface area contributed by atoms with Crippen LogP contribution in [0.3, 0.4) is 0 Å². The average Bonchev–Trinajstić information content (AvgIpc) is 2.27. The third-order valence-corrected chi connectivity index (χ3v) is 3.30. The van der Waals surface area contributed by atoms with Gasteiger partial charge in [-0.2, -0.15) is 0 Å². The van der Waals surface area contributed by atoms with Crippen LogP contribution in [0.25, 0.3) is 0 Å². The molecule has 0 rings (SSSR count). The van der Waals surface area contributed by atoms with E-state index in [2.05, 4.69) is 13.8 Å². The molecule has 0 unspecified atom stereocenters. The molecule has 1 nitrogen and oxygen atoms in total. The SMILES string of the molecule is CCCCCCCCCC[C@@H](CC)CO. The van der Waals surface area contributed by atoms with Crippen LogP contribution in [0, 0.1) is 5.92 Å². The van der Waals surface area contributed by atoms with E-state index >= 15 is 0 Å². The Balaban J connectivity index is 3.04. The zero-order chi connectivity index (χ0) is 11.4. The summed E-state index contributed by atoms with van der Waals surface area (Å²) < 4.78 is 0. The molecule has 0 fully saturated rings. The summed E-state index contributed by atoms with van der Waals surface area (Å²) in [5.41, 5.74) is 0. The van der Waals surface area contributed by atoms with Gasteiger partial charge in [-0.15, -0.1) is 0 Å². The minimum atomic E-state index is 0.382. The third kappa shape index (κ3) is 10.2. The molecule has 0 aliphatic carbocycles. The molecule has 1 N–H and O–H groups in total. The summed E-state index contributed by atoms with van der Waals surface area (Å²) in [5.74, 6) is 0.560. The fourth-order valence-corrected chi connectivity index (χ4v) is 1.99. The smallest absolute Gasteiger partial charge is 0.0459 e. The Hall–Kier alpha value is -0.0400. The van der Waals surface area contributed by atoms with E-state index in [-0.39, 0.29) is 0 Å². The van der Waals surface area contributed by atoms with Gasteiger partial charge >= 0.3 is 0 Å². The van der Waals surface area contributed by atoms with Gasteiger partial charge in [0.05, 0.1) is 0 Å². The summed E-state index contributed by atoms with van der Waals surface area (Å²) in [5, 5.41) is 9.03. The van der Waals surface area contributed by atoms with Gasteiger partial charge in [-0.05, 0) is 12.3 Å². The van der Waals surface area contributed by atoms with Crippen LogP contribution in [0.2, 0.25) is 0 Å². The van der Waals surface area contributed by atoms with Crippen molar-refractivity contribution in [3.05, 3.63) is 0 Å². The highest BCUT2D eigenvalue weighted by Gasteiger charge is 2.03. The number of rotatable bonds is 11. The van der Waals surface area contributed by atoms with Gasteiger partial charge in [-0.3, -0.25) is 0 Å². The number of aliphatic hydroxyl groups is 1. The van der Waals surface area contributed by atoms with Crippen LogP contribution >= 0.6 is 0 Å². The fraction of sp³-hybridized carbons (Fsp3) is 1.00. The van der Waals surface area contributed by atoms with E-state index in [0.29, 0.717) is 12.5 Å². The topological polar surface area (TPSA) is 20.2 Å². The number of hydrogen-bond acceptors (Lipinski definition) is 1. The van der Waals surface area contributed by atoms with Gasteiger partial charge in [0.15, 0.2) is 0 Å². The summed E-state index contributed by atoms with van der Waals surface area (Å²) in [6.07, 6.45) is 13.4. The standard InChI is InChI=1S/C14H30O/c1-3-5-6-7-8-9-10-11-12-14(4-2)13-15/h14-15H,3-13H2,1-2H3/t14-/m1/s1. The van der Waals surface area contributed by atoms with Crippen molar-refractivity contribution in [2.45, 2.75) is 78.1 Å². The van der Waals surface area contributed by atoms with E-state index in [4.69, 9.17) is 5.11 Å². The van der Waals surface area contributed by atoms with Crippen molar-refractivity contribution in [1.29, 1.82) is 0 Å². The fourth-order valence-electron chi connectivity index (χ4n) is 1.99. The first kappa shape index (κ1) is 15.0. The maximum atomic E-state index is 9.03. The van der Waals surface area contributed by atoms with Gasteiger partial charge in [0.2, 0.25) is 0 Å². The van der Waals surface area contributed by atoms with Gasteiger partial charge in [0, 0.05) is 6.61 Å². The van der Waals surface area contributed by atoms with Crippen molar-refractivity contribution in [2.24, 2.45) is 5.92 Å². The van der Waals surface area contributed by atoms with Crippen molar-refractivity contribution in [3.63, 3.8) is 0 Å². The number of aliphatic hydroxyl groups excluding tert-OH is 1. The molecular formula is C14H30O. The van der Waals surface area contributed by atoms with Gasteiger partial charge in [0.1, 0.15) is 0 Å². The van der Waals surface area contributed by atoms with Crippen molar-refractivity contribution < 1.29 is 5.11 Å². The lowest BCUT2D eigenvalue weighted by Gasteiger charge is -2.10. The van der Waals surface area contributed by atoms with E-state index in [0.717, 1.165) is 6.42 Å². The zero-order valence-corrected chi connectivity index (χ0v) is 10.8. The second-order valence-corrected chi connectivity index (χ2v) is 4.72. The minimum absolute atomic E-state index is 0.382. The summed E-state index contributed by atoms with van der Waals surface area (Å²) in [4.78, 5) is 0. The Kier molecular flexibility index (Phi) is 12.0. The molecule has 0 aliphatic heterocycles. The Bertz CT molecular complexity index is 108. The Morgan fingerprint density at radius 1 is 0.800 bits per heavy atom. The van der Waals surface area contributed by atoms with E-state index < -0.39 is 0 Å². The van der Waals surface area contributed by atoms with E-state index in [9.17, 15) is 0 Å². The Morgan fingerprint density at radius 2 is 1.33 bits per heavy atom. The van der Waals surface area contributed by atoms with E-state index in [1.54, 1.807) is 0 Å². The molecule has 92 valence electrons. The lowest BCUT2D eigenvalue weighted by molar-refractivity contribution is 0.211. The van der Waals surface area contributed by atoms with Crippen LogP contribution in [0.4, 0.5) is 0 Å². The van der Waals surface area contributed by atoms with Crippen LogP contribution in [0.1, 0.15) is 78.1 Å². The molecule has 15 heavy (non-hydrogen) atoms. The highest BCUT2D eigenvalue weighted by atomic mass is 16.3. The molecule has 0 heterocycles. The van der Waals surface area contributed by atoms with Crippen molar-refractivity contribution in [3.8, 4) is 0 Å². The first-order valence-corrected chi connectivity index (χ1v) is 6.96. The molecule has 0 saturated carbocycles. The third-order valence-electron chi connectivity index (χ3n) is 3.30. The van der Waals surface area contributed by atoms with E-state index in [1.165, 1.54) is 57.8 Å². The highest BCUT2D eigenvalue weighted by Crippen LogP contribution is 2.14. The maximum Gasteiger partial charge on any atom is 0.0459 e. The normalized spacial score (nSPS) is 13.0. The molecular weight excluding hydrogens is 184 g/mol. The molecule has 1 heteroatoms. The van der Waals surface area contributed by atoms with Crippen LogP contribution in [0.5, 0.6) is 0 Å². The van der Waals surface area contributed by atoms with Crippen LogP contribution in [-0.4, -0.2) is 11.7 Å². The van der Waals surface area contributed by atoms with E-state index in [1.807, 2.05) is 0 Å². The lowest BCUT2D eigenvalue weighted by atomic mass is 9.98. The van der Waals surface area contributed by atoms with Gasteiger partial charge in [-0.25, -0.2) is 0 Å². The summed E-state index contributed by atoms with van der Waals surface area (Å²) in [6.45, 7) is 4.82. The van der Waals surface area contributed by atoms with Crippen LogP contribution in [-0.2, 0) is 0 Å². The second kappa shape index (κ2) is 12.0. The molecule has 0 radical (unpaired) electrons. The largest absolute Gasteiger partial charge is 0.396 e. The van der Waals surface area contributed by atoms with Crippen molar-refractivity contribution in [2.75, 3.05) is 6.61 Å². The Morgan fingerprint density at radius 3 is 1.80 bits per heavy atom. The van der Waals surface area contributed by atoms with Gasteiger partial charge in [0.25, 0.3) is 0 Å². The molecule has 0 aromatic heterocycles. The molecule has 1 atom stereocenters. The molecule has 0 spiro atoms. The van der Waals surface area contributed by atoms with Crippen LogP contribution < -0.4 is 0 Å². The average molecular weight is 214 g/mol. The highest BCUT2D eigenvalue weighted by molar-refractivity contribution is 4.55. The predicted molar refractivity (Wildman–Crippen MR) is 68.1 cm³/mol. The first-order valence-electron chi connectivity index (χ1n) is 6.96. The molecule has 0 bridgehead atoms. The molecule has 0 amide bonds. The molecule has 0 aromatic carbocycles. The van der Waals surface area contributed by atoms with Crippen molar-refractivity contribution >= 4 is 0 Å². The monoisotopic (exact) mass is 214 g/mol. The maximum absolute atomic E-state index is 9.03. The molecule has 0 aliphatic rings. The lowest BCUT2D eigenvalue weighted by Crippen LogP contribution is -2.03. The summed E-state index contributed by atoms with van der Waals surface area (Å²) >= 11 is 0. The molecule has 0 aromatic rings. The second-order valence-electron chi connectivity index (χ2n) is 4.72. The van der Waals surface area contributed by atoms with Gasteiger partial charge < -0.3 is 5.11 Å². The number of unbranched alkanes of at least 4 members (excludes halogenated alkanes) is 7. The number of hydrogen-bond donors (Lipinski definition) is 1. The minimum Gasteiger partial charge on any atom is -0.396 e.